The largest absolute Gasteiger partial charge is 0.478 e. The van der Waals surface area contributed by atoms with E-state index < -0.39 is 17.6 Å². The first-order valence-corrected chi connectivity index (χ1v) is 5.54. The Morgan fingerprint density at radius 1 is 0.947 bits per heavy atom. The fraction of sp³-hybridized carbons (Fsp3) is 0. The van der Waals surface area contributed by atoms with E-state index in [1.54, 1.807) is 12.1 Å². The number of carboxylic acids is 1. The van der Waals surface area contributed by atoms with Crippen LogP contribution in [0.3, 0.4) is 0 Å². The molecule has 1 N–H and O–H groups in total. The van der Waals surface area contributed by atoms with Crippen LogP contribution in [0.1, 0.15) is 5.56 Å². The fourth-order valence-corrected chi connectivity index (χ4v) is 1.78. The normalized spacial score (nSPS) is 10.8. The standard InChI is InChI=1S/C15H10F2O2/c16-13-6-2-1-4-11(13)10-5-3-7-14(17)12(10)8-9-15(18)19/h1-9H,(H,18,19)/b9-8+. The van der Waals surface area contributed by atoms with Crippen LogP contribution in [-0.2, 0) is 4.79 Å². The summed E-state index contributed by atoms with van der Waals surface area (Å²) in [6.45, 7) is 0. The molecule has 0 spiro atoms. The molecule has 0 aliphatic carbocycles. The molecule has 0 aliphatic rings. The highest BCUT2D eigenvalue weighted by Gasteiger charge is 2.11. The van der Waals surface area contributed by atoms with Crippen molar-refractivity contribution in [1.29, 1.82) is 0 Å². The quantitative estimate of drug-likeness (QED) is 0.854. The Kier molecular flexibility index (Phi) is 3.71. The lowest BCUT2D eigenvalue weighted by molar-refractivity contribution is -0.131. The highest BCUT2D eigenvalue weighted by molar-refractivity contribution is 5.88. The van der Waals surface area contributed by atoms with E-state index in [0.717, 1.165) is 12.2 Å². The van der Waals surface area contributed by atoms with Gasteiger partial charge in [-0.15, -0.1) is 0 Å². The molecule has 2 nitrogen and oxygen atoms in total. The molecule has 0 unspecified atom stereocenters. The van der Waals surface area contributed by atoms with Crippen molar-refractivity contribution in [3.63, 3.8) is 0 Å². The van der Waals surface area contributed by atoms with E-state index >= 15 is 0 Å². The Bertz CT molecular complexity index is 648. The predicted molar refractivity (Wildman–Crippen MR) is 68.5 cm³/mol. The van der Waals surface area contributed by atoms with Gasteiger partial charge in [0.25, 0.3) is 0 Å². The minimum absolute atomic E-state index is 0.0509. The molecular formula is C15H10F2O2. The molecule has 96 valence electrons. The van der Waals surface area contributed by atoms with Gasteiger partial charge in [-0.1, -0.05) is 30.3 Å². The zero-order chi connectivity index (χ0) is 13.8. The molecule has 2 aromatic rings. The molecule has 2 aromatic carbocycles. The predicted octanol–water partition coefficient (Wildman–Crippen LogP) is 3.73. The molecule has 0 bridgehead atoms. The lowest BCUT2D eigenvalue weighted by Gasteiger charge is -2.08. The first kappa shape index (κ1) is 13.0. The van der Waals surface area contributed by atoms with E-state index in [2.05, 4.69) is 0 Å². The molecule has 0 saturated heterocycles. The van der Waals surface area contributed by atoms with Gasteiger partial charge in [-0.3, -0.25) is 0 Å². The summed E-state index contributed by atoms with van der Waals surface area (Å²) in [5.74, 6) is -2.28. The van der Waals surface area contributed by atoms with E-state index in [9.17, 15) is 13.6 Å². The highest BCUT2D eigenvalue weighted by atomic mass is 19.1. The van der Waals surface area contributed by atoms with Crippen molar-refractivity contribution in [3.05, 3.63) is 65.7 Å². The summed E-state index contributed by atoms with van der Waals surface area (Å²) < 4.78 is 27.5. The number of benzene rings is 2. The molecule has 0 heterocycles. The average molecular weight is 260 g/mol. The van der Waals surface area contributed by atoms with Gasteiger partial charge in [0.05, 0.1) is 0 Å². The Hall–Kier alpha value is -2.49. The topological polar surface area (TPSA) is 37.3 Å². The van der Waals surface area contributed by atoms with Gasteiger partial charge in [-0.25, -0.2) is 13.6 Å². The van der Waals surface area contributed by atoms with Crippen molar-refractivity contribution < 1.29 is 18.7 Å². The molecule has 4 heteroatoms. The van der Waals surface area contributed by atoms with Crippen LogP contribution in [0.25, 0.3) is 17.2 Å². The second-order valence-corrected chi connectivity index (χ2v) is 3.85. The SMILES string of the molecule is O=C(O)/C=C/c1c(F)cccc1-c1ccccc1F. The van der Waals surface area contributed by atoms with E-state index in [1.807, 2.05) is 0 Å². The molecule has 0 fully saturated rings. The van der Waals surface area contributed by atoms with Gasteiger partial charge >= 0.3 is 5.97 Å². The van der Waals surface area contributed by atoms with Crippen LogP contribution in [0.4, 0.5) is 8.78 Å². The van der Waals surface area contributed by atoms with E-state index in [0.29, 0.717) is 5.56 Å². The van der Waals surface area contributed by atoms with Gasteiger partial charge < -0.3 is 5.11 Å². The molecule has 0 aliphatic heterocycles. The summed E-state index contributed by atoms with van der Waals surface area (Å²) >= 11 is 0. The molecule has 0 amide bonds. The maximum absolute atomic E-state index is 13.8. The number of aliphatic carboxylic acids is 1. The number of halogens is 2. The summed E-state index contributed by atoms with van der Waals surface area (Å²) in [5, 5.41) is 8.60. The van der Waals surface area contributed by atoms with Crippen molar-refractivity contribution in [1.82, 2.24) is 0 Å². The fourth-order valence-electron chi connectivity index (χ4n) is 1.78. The van der Waals surface area contributed by atoms with Crippen LogP contribution >= 0.6 is 0 Å². The number of rotatable bonds is 3. The van der Waals surface area contributed by atoms with Gasteiger partial charge in [-0.05, 0) is 23.8 Å². The van der Waals surface area contributed by atoms with Crippen molar-refractivity contribution in [2.75, 3.05) is 0 Å². The number of carbonyl (C=O) groups is 1. The number of hydrogen-bond donors (Lipinski definition) is 1. The zero-order valence-electron chi connectivity index (χ0n) is 9.81. The Morgan fingerprint density at radius 2 is 1.58 bits per heavy atom. The van der Waals surface area contributed by atoms with Crippen LogP contribution in [0, 0.1) is 11.6 Å². The van der Waals surface area contributed by atoms with Gasteiger partial charge in [0, 0.05) is 17.2 Å². The smallest absolute Gasteiger partial charge is 0.328 e. The summed E-state index contributed by atoms with van der Waals surface area (Å²) in [5.41, 5.74) is 0.595. The highest BCUT2D eigenvalue weighted by Crippen LogP contribution is 2.28. The molecule has 0 atom stereocenters. The van der Waals surface area contributed by atoms with Crippen molar-refractivity contribution in [2.24, 2.45) is 0 Å². The number of carboxylic acid groups (broad SMARTS) is 1. The molecule has 0 aromatic heterocycles. The van der Waals surface area contributed by atoms with Crippen LogP contribution in [0.5, 0.6) is 0 Å². The lowest BCUT2D eigenvalue weighted by Crippen LogP contribution is -1.93. The lowest BCUT2D eigenvalue weighted by atomic mass is 9.98. The summed E-state index contributed by atoms with van der Waals surface area (Å²) in [7, 11) is 0. The Labute approximate surface area is 108 Å². The monoisotopic (exact) mass is 260 g/mol. The van der Waals surface area contributed by atoms with Gasteiger partial charge in [0.1, 0.15) is 11.6 Å². The van der Waals surface area contributed by atoms with E-state index in [-0.39, 0.29) is 11.1 Å². The minimum Gasteiger partial charge on any atom is -0.478 e. The molecule has 2 rings (SSSR count). The Balaban J connectivity index is 2.61. The van der Waals surface area contributed by atoms with Crippen molar-refractivity contribution in [3.8, 4) is 11.1 Å². The van der Waals surface area contributed by atoms with Crippen LogP contribution in [0.15, 0.2) is 48.5 Å². The molecule has 19 heavy (non-hydrogen) atoms. The van der Waals surface area contributed by atoms with Gasteiger partial charge in [-0.2, -0.15) is 0 Å². The molecular weight excluding hydrogens is 250 g/mol. The van der Waals surface area contributed by atoms with Crippen LogP contribution < -0.4 is 0 Å². The second-order valence-electron chi connectivity index (χ2n) is 3.85. The third-order valence-electron chi connectivity index (χ3n) is 2.61. The maximum Gasteiger partial charge on any atom is 0.328 e. The number of hydrogen-bond acceptors (Lipinski definition) is 1. The third-order valence-corrected chi connectivity index (χ3v) is 2.61. The van der Waals surface area contributed by atoms with Gasteiger partial charge in [0.15, 0.2) is 0 Å². The van der Waals surface area contributed by atoms with Gasteiger partial charge in [0.2, 0.25) is 0 Å². The average Bonchev–Trinajstić information content (AvgIpc) is 2.37. The van der Waals surface area contributed by atoms with Crippen LogP contribution in [0.2, 0.25) is 0 Å². The van der Waals surface area contributed by atoms with Crippen molar-refractivity contribution >= 4 is 12.0 Å². The van der Waals surface area contributed by atoms with Crippen molar-refractivity contribution in [2.45, 2.75) is 0 Å². The molecule has 0 saturated carbocycles. The Morgan fingerprint density at radius 3 is 2.26 bits per heavy atom. The first-order chi connectivity index (χ1) is 9.09. The minimum atomic E-state index is -1.19. The second kappa shape index (κ2) is 5.44. The van der Waals surface area contributed by atoms with E-state index in [4.69, 9.17) is 5.11 Å². The first-order valence-electron chi connectivity index (χ1n) is 5.54. The maximum atomic E-state index is 13.8. The summed E-state index contributed by atoms with van der Waals surface area (Å²) in [6.07, 6.45) is 1.95. The molecule has 0 radical (unpaired) electrons. The summed E-state index contributed by atoms with van der Waals surface area (Å²) in [6, 6.07) is 10.1. The van der Waals surface area contributed by atoms with E-state index in [1.165, 1.54) is 30.3 Å². The summed E-state index contributed by atoms with van der Waals surface area (Å²) in [4.78, 5) is 10.5. The zero-order valence-corrected chi connectivity index (χ0v) is 9.81. The third kappa shape index (κ3) is 2.85. The van der Waals surface area contributed by atoms with Crippen LogP contribution in [-0.4, -0.2) is 11.1 Å².